The maximum Gasteiger partial charge on any atom is -0.0172 e. The minimum atomic E-state index is 1.01. The van der Waals surface area contributed by atoms with E-state index in [1.165, 1.54) is 51.4 Å². The highest BCUT2D eigenvalue weighted by Crippen LogP contribution is 2.05. The van der Waals surface area contributed by atoms with Gasteiger partial charge in [-0.25, -0.2) is 0 Å². The average Bonchev–Trinajstić information content (AvgIpc) is 2.31. The lowest BCUT2D eigenvalue weighted by Gasteiger charge is -1.95. The van der Waals surface area contributed by atoms with Gasteiger partial charge >= 0.3 is 0 Å². The molecular formula is C16H28. The zero-order valence-electron chi connectivity index (χ0n) is 11.0. The Balaban J connectivity index is 3.09. The Bertz CT molecular complexity index is 186. The van der Waals surface area contributed by atoms with Gasteiger partial charge in [0.15, 0.2) is 0 Å². The Morgan fingerprint density at radius 3 is 1.88 bits per heavy atom. The van der Waals surface area contributed by atoms with Gasteiger partial charge in [0, 0.05) is 0 Å². The van der Waals surface area contributed by atoms with Crippen LogP contribution in [0.15, 0.2) is 37.0 Å². The second-order valence-electron chi connectivity index (χ2n) is 4.25. The van der Waals surface area contributed by atoms with Crippen molar-refractivity contribution in [1.29, 1.82) is 0 Å². The summed E-state index contributed by atoms with van der Waals surface area (Å²) < 4.78 is 0. The van der Waals surface area contributed by atoms with E-state index >= 15 is 0 Å². The Morgan fingerprint density at radius 2 is 1.31 bits per heavy atom. The number of unbranched alkanes of at least 4 members (excludes halogenated alkanes) is 6. The quantitative estimate of drug-likeness (QED) is 0.304. The van der Waals surface area contributed by atoms with Gasteiger partial charge in [0.2, 0.25) is 0 Å². The number of rotatable bonds is 11. The number of hydrogen-bond acceptors (Lipinski definition) is 0. The van der Waals surface area contributed by atoms with E-state index in [2.05, 4.69) is 37.8 Å². The molecule has 92 valence electrons. The van der Waals surface area contributed by atoms with Gasteiger partial charge in [-0.2, -0.15) is 0 Å². The standard InChI is InChI=1S/C16H28/c1-3-5-7-9-11-13-15-16-14-12-10-8-6-4-2/h3,7,9-10,12H,1,4-6,8,11,13-16H2,2H3. The molecule has 0 heteroatoms. The molecule has 0 aromatic heterocycles. The van der Waals surface area contributed by atoms with Crippen molar-refractivity contribution in [2.24, 2.45) is 0 Å². The molecule has 0 unspecified atom stereocenters. The van der Waals surface area contributed by atoms with E-state index < -0.39 is 0 Å². The predicted molar refractivity (Wildman–Crippen MR) is 75.7 cm³/mol. The van der Waals surface area contributed by atoms with E-state index in [9.17, 15) is 0 Å². The summed E-state index contributed by atoms with van der Waals surface area (Å²) in [4.78, 5) is 0. The van der Waals surface area contributed by atoms with E-state index in [1.54, 1.807) is 0 Å². The second kappa shape index (κ2) is 14.2. The summed E-state index contributed by atoms with van der Waals surface area (Å²) in [6.45, 7) is 5.93. The molecule has 0 aliphatic heterocycles. The normalized spacial score (nSPS) is 11.6. The molecule has 0 amide bonds. The van der Waals surface area contributed by atoms with Crippen LogP contribution < -0.4 is 0 Å². The number of hydrogen-bond donors (Lipinski definition) is 0. The largest absolute Gasteiger partial charge is 0.103 e. The van der Waals surface area contributed by atoms with Crippen LogP contribution in [-0.4, -0.2) is 0 Å². The van der Waals surface area contributed by atoms with Gasteiger partial charge in [-0.1, -0.05) is 56.6 Å². The molecule has 0 fully saturated rings. The monoisotopic (exact) mass is 220 g/mol. The zero-order valence-corrected chi connectivity index (χ0v) is 11.0. The minimum absolute atomic E-state index is 1.01. The van der Waals surface area contributed by atoms with Crippen molar-refractivity contribution in [3.05, 3.63) is 37.0 Å². The van der Waals surface area contributed by atoms with E-state index in [0.717, 1.165) is 6.42 Å². The average molecular weight is 220 g/mol. The molecule has 0 aromatic rings. The van der Waals surface area contributed by atoms with Crippen LogP contribution in [0.5, 0.6) is 0 Å². The first-order valence-electron chi connectivity index (χ1n) is 6.82. The first-order chi connectivity index (χ1) is 7.91. The fourth-order valence-electron chi connectivity index (χ4n) is 1.57. The van der Waals surface area contributed by atoms with Crippen molar-refractivity contribution >= 4 is 0 Å². The Kier molecular flexibility index (Phi) is 13.5. The maximum atomic E-state index is 3.69. The van der Waals surface area contributed by atoms with Gasteiger partial charge in [0.05, 0.1) is 0 Å². The summed E-state index contributed by atoms with van der Waals surface area (Å²) in [5, 5.41) is 0. The Labute approximate surface area is 102 Å². The summed E-state index contributed by atoms with van der Waals surface area (Å²) in [6.07, 6.45) is 22.6. The first kappa shape index (κ1) is 15.2. The molecule has 0 spiro atoms. The number of allylic oxidation sites excluding steroid dienone is 5. The van der Waals surface area contributed by atoms with Crippen molar-refractivity contribution in [1.82, 2.24) is 0 Å². The van der Waals surface area contributed by atoms with Crippen LogP contribution in [0.4, 0.5) is 0 Å². The van der Waals surface area contributed by atoms with Crippen molar-refractivity contribution in [3.63, 3.8) is 0 Å². The van der Waals surface area contributed by atoms with Gasteiger partial charge in [-0.3, -0.25) is 0 Å². The smallest absolute Gasteiger partial charge is 0.0172 e. The molecule has 0 bridgehead atoms. The Morgan fingerprint density at radius 1 is 0.750 bits per heavy atom. The lowest BCUT2D eigenvalue weighted by molar-refractivity contribution is 0.694. The molecule has 0 aliphatic rings. The molecule has 0 saturated carbocycles. The van der Waals surface area contributed by atoms with Crippen LogP contribution in [0, 0.1) is 0 Å². The highest BCUT2D eigenvalue weighted by Gasteiger charge is 1.85. The third kappa shape index (κ3) is 13.2. The predicted octanol–water partition coefficient (Wildman–Crippen LogP) is 5.82. The summed E-state index contributed by atoms with van der Waals surface area (Å²) in [6, 6.07) is 0. The van der Waals surface area contributed by atoms with Crippen LogP contribution in [0.2, 0.25) is 0 Å². The van der Waals surface area contributed by atoms with Gasteiger partial charge in [-0.15, -0.1) is 6.58 Å². The molecule has 0 atom stereocenters. The maximum absolute atomic E-state index is 3.69. The SMILES string of the molecule is C=CCC=CCCCCCC=CCCCC. The van der Waals surface area contributed by atoms with Crippen molar-refractivity contribution in [3.8, 4) is 0 Å². The lowest BCUT2D eigenvalue weighted by atomic mass is 10.1. The molecule has 0 aliphatic carbocycles. The summed E-state index contributed by atoms with van der Waals surface area (Å²) in [5.41, 5.74) is 0. The van der Waals surface area contributed by atoms with Gasteiger partial charge in [-0.05, 0) is 38.5 Å². The summed E-state index contributed by atoms with van der Waals surface area (Å²) >= 11 is 0. The van der Waals surface area contributed by atoms with Crippen LogP contribution in [0.3, 0.4) is 0 Å². The molecule has 0 heterocycles. The molecule has 0 nitrogen and oxygen atoms in total. The van der Waals surface area contributed by atoms with Crippen molar-refractivity contribution < 1.29 is 0 Å². The lowest BCUT2D eigenvalue weighted by Crippen LogP contribution is -1.75. The Hall–Kier alpha value is -0.780. The topological polar surface area (TPSA) is 0 Å². The first-order valence-corrected chi connectivity index (χ1v) is 6.82. The molecule has 0 radical (unpaired) electrons. The molecule has 0 aromatic carbocycles. The van der Waals surface area contributed by atoms with Crippen molar-refractivity contribution in [2.75, 3.05) is 0 Å². The van der Waals surface area contributed by atoms with Crippen molar-refractivity contribution in [2.45, 2.75) is 64.7 Å². The molecule has 0 saturated heterocycles. The van der Waals surface area contributed by atoms with E-state index in [4.69, 9.17) is 0 Å². The van der Waals surface area contributed by atoms with Gasteiger partial charge < -0.3 is 0 Å². The molecular weight excluding hydrogens is 192 g/mol. The van der Waals surface area contributed by atoms with E-state index in [1.807, 2.05) is 6.08 Å². The summed E-state index contributed by atoms with van der Waals surface area (Å²) in [7, 11) is 0. The molecule has 16 heavy (non-hydrogen) atoms. The second-order valence-corrected chi connectivity index (χ2v) is 4.25. The van der Waals surface area contributed by atoms with Gasteiger partial charge in [0.1, 0.15) is 0 Å². The van der Waals surface area contributed by atoms with E-state index in [0.29, 0.717) is 0 Å². The zero-order chi connectivity index (χ0) is 11.9. The minimum Gasteiger partial charge on any atom is -0.103 e. The fourth-order valence-corrected chi connectivity index (χ4v) is 1.57. The van der Waals surface area contributed by atoms with Crippen LogP contribution in [0.25, 0.3) is 0 Å². The molecule has 0 rings (SSSR count). The third-order valence-electron chi connectivity index (χ3n) is 2.60. The van der Waals surface area contributed by atoms with E-state index in [-0.39, 0.29) is 0 Å². The van der Waals surface area contributed by atoms with Gasteiger partial charge in [0.25, 0.3) is 0 Å². The molecule has 0 N–H and O–H groups in total. The van der Waals surface area contributed by atoms with Crippen LogP contribution in [-0.2, 0) is 0 Å². The van der Waals surface area contributed by atoms with Crippen LogP contribution in [0.1, 0.15) is 64.7 Å². The third-order valence-corrected chi connectivity index (χ3v) is 2.60. The highest BCUT2D eigenvalue weighted by molar-refractivity contribution is 4.88. The van der Waals surface area contributed by atoms with Crippen LogP contribution >= 0.6 is 0 Å². The summed E-state index contributed by atoms with van der Waals surface area (Å²) in [5.74, 6) is 0. The fraction of sp³-hybridized carbons (Fsp3) is 0.625. The highest BCUT2D eigenvalue weighted by atomic mass is 13.9.